The molecule has 3 rings (SSSR count). The number of aromatic nitrogens is 1. The smallest absolute Gasteiger partial charge is 0.257 e. The van der Waals surface area contributed by atoms with Crippen molar-refractivity contribution >= 4 is 32.6 Å². The molecule has 0 radical (unpaired) electrons. The minimum atomic E-state index is -0.754. The number of benzene rings is 2. The molecule has 0 aliphatic rings. The number of ether oxygens (including phenoxy) is 1. The normalized spacial score (nSPS) is 10.7. The number of hydrogen-bond donors (Lipinski definition) is 1. The monoisotopic (exact) mass is 320 g/mol. The number of fused-ring (bicyclic) bond motifs is 1. The topological polar surface area (TPSA) is 51.2 Å². The van der Waals surface area contributed by atoms with E-state index in [0.29, 0.717) is 16.0 Å². The van der Waals surface area contributed by atoms with Gasteiger partial charge in [-0.25, -0.2) is 13.8 Å². The predicted molar refractivity (Wildman–Crippen MR) is 80.5 cm³/mol. The number of amides is 1. The van der Waals surface area contributed by atoms with E-state index >= 15 is 0 Å². The average Bonchev–Trinajstić information content (AvgIpc) is 2.90. The van der Waals surface area contributed by atoms with Gasteiger partial charge in [-0.05, 0) is 30.3 Å². The Morgan fingerprint density at radius 2 is 1.95 bits per heavy atom. The number of rotatable bonds is 3. The lowest BCUT2D eigenvalue weighted by Crippen LogP contribution is -2.11. The Hall–Kier alpha value is -2.54. The molecule has 1 amide bonds. The quantitative estimate of drug-likeness (QED) is 0.798. The third-order valence-electron chi connectivity index (χ3n) is 2.99. The Balaban J connectivity index is 1.85. The number of hydrogen-bond acceptors (Lipinski definition) is 4. The van der Waals surface area contributed by atoms with Crippen molar-refractivity contribution in [2.24, 2.45) is 0 Å². The van der Waals surface area contributed by atoms with Gasteiger partial charge in [0.1, 0.15) is 17.1 Å². The van der Waals surface area contributed by atoms with Crippen LogP contribution in [0.4, 0.5) is 13.9 Å². The van der Waals surface area contributed by atoms with Crippen LogP contribution in [0.25, 0.3) is 10.2 Å². The maximum Gasteiger partial charge on any atom is 0.257 e. The van der Waals surface area contributed by atoms with E-state index in [4.69, 9.17) is 4.74 Å². The molecule has 1 N–H and O–H groups in total. The van der Waals surface area contributed by atoms with Crippen LogP contribution in [0.2, 0.25) is 0 Å². The van der Waals surface area contributed by atoms with Gasteiger partial charge in [0.25, 0.3) is 5.91 Å². The van der Waals surface area contributed by atoms with E-state index < -0.39 is 11.6 Å². The third kappa shape index (κ3) is 2.75. The molecule has 0 saturated carbocycles. The van der Waals surface area contributed by atoms with Gasteiger partial charge in [-0.15, -0.1) is 0 Å². The van der Waals surface area contributed by atoms with Crippen molar-refractivity contribution in [2.45, 2.75) is 0 Å². The van der Waals surface area contributed by atoms with E-state index in [0.717, 1.165) is 17.4 Å². The van der Waals surface area contributed by atoms with Crippen molar-refractivity contribution in [2.75, 3.05) is 12.4 Å². The summed E-state index contributed by atoms with van der Waals surface area (Å²) in [6.07, 6.45) is 0. The number of anilines is 1. The van der Waals surface area contributed by atoms with Crippen LogP contribution in [0.5, 0.6) is 5.75 Å². The summed E-state index contributed by atoms with van der Waals surface area (Å²) in [5, 5.41) is 2.78. The molecule has 0 bridgehead atoms. The molecule has 0 fully saturated rings. The summed E-state index contributed by atoms with van der Waals surface area (Å²) in [4.78, 5) is 16.1. The molecule has 1 aromatic heterocycles. The Labute approximate surface area is 128 Å². The van der Waals surface area contributed by atoms with Gasteiger partial charge in [-0.1, -0.05) is 11.3 Å². The van der Waals surface area contributed by atoms with Gasteiger partial charge < -0.3 is 4.74 Å². The van der Waals surface area contributed by atoms with E-state index in [-0.39, 0.29) is 16.6 Å². The molecule has 4 nitrogen and oxygen atoms in total. The van der Waals surface area contributed by atoms with Crippen LogP contribution < -0.4 is 10.1 Å². The molecule has 112 valence electrons. The lowest BCUT2D eigenvalue weighted by molar-refractivity contribution is 0.102. The first-order valence-electron chi connectivity index (χ1n) is 6.28. The van der Waals surface area contributed by atoms with Gasteiger partial charge in [0.2, 0.25) is 0 Å². The summed E-state index contributed by atoms with van der Waals surface area (Å²) >= 11 is 1.01. The number of nitrogens with one attached hydrogen (secondary N) is 1. The van der Waals surface area contributed by atoms with Crippen molar-refractivity contribution in [1.29, 1.82) is 0 Å². The summed E-state index contributed by atoms with van der Waals surface area (Å²) in [5.74, 6) is -1.19. The van der Waals surface area contributed by atoms with Crippen LogP contribution in [0, 0.1) is 11.6 Å². The molecule has 0 unspecified atom stereocenters. The van der Waals surface area contributed by atoms with Crippen molar-refractivity contribution < 1.29 is 18.3 Å². The first-order valence-corrected chi connectivity index (χ1v) is 7.09. The molecular weight excluding hydrogens is 310 g/mol. The Kier molecular flexibility index (Phi) is 3.72. The standard InChI is InChI=1S/C15H10F2N2O2S/c1-21-10-4-2-8(3-5-10)14(20)19-15-18-13-11(17)6-9(16)7-12(13)22-15/h2-7H,1H3,(H,18,19,20). The highest BCUT2D eigenvalue weighted by Gasteiger charge is 2.13. The Morgan fingerprint density at radius 3 is 2.64 bits per heavy atom. The largest absolute Gasteiger partial charge is 0.497 e. The molecule has 3 aromatic rings. The van der Waals surface area contributed by atoms with E-state index in [1.54, 1.807) is 24.3 Å². The molecule has 7 heteroatoms. The minimum Gasteiger partial charge on any atom is -0.497 e. The first-order chi connectivity index (χ1) is 10.6. The zero-order chi connectivity index (χ0) is 15.7. The second kappa shape index (κ2) is 5.69. The molecular formula is C15H10F2N2O2S. The highest BCUT2D eigenvalue weighted by Crippen LogP contribution is 2.29. The van der Waals surface area contributed by atoms with Crippen LogP contribution in [0.15, 0.2) is 36.4 Å². The fourth-order valence-electron chi connectivity index (χ4n) is 1.92. The highest BCUT2D eigenvalue weighted by atomic mass is 32.1. The van der Waals surface area contributed by atoms with Crippen LogP contribution in [0.3, 0.4) is 0 Å². The lowest BCUT2D eigenvalue weighted by atomic mass is 10.2. The van der Waals surface area contributed by atoms with Crippen LogP contribution in [-0.4, -0.2) is 18.0 Å². The number of methoxy groups -OCH3 is 1. The highest BCUT2D eigenvalue weighted by molar-refractivity contribution is 7.22. The number of carbonyl (C=O) groups is 1. The predicted octanol–water partition coefficient (Wildman–Crippen LogP) is 3.84. The lowest BCUT2D eigenvalue weighted by Gasteiger charge is -2.03. The fourth-order valence-corrected chi connectivity index (χ4v) is 2.82. The second-order valence-electron chi connectivity index (χ2n) is 4.44. The molecule has 0 spiro atoms. The van der Waals surface area contributed by atoms with Crippen LogP contribution in [-0.2, 0) is 0 Å². The molecule has 1 heterocycles. The van der Waals surface area contributed by atoms with Gasteiger partial charge in [0.05, 0.1) is 11.8 Å². The second-order valence-corrected chi connectivity index (χ2v) is 5.47. The molecule has 22 heavy (non-hydrogen) atoms. The van der Waals surface area contributed by atoms with Crippen molar-refractivity contribution in [1.82, 2.24) is 4.98 Å². The molecule has 0 aliphatic carbocycles. The van der Waals surface area contributed by atoms with Crippen LogP contribution >= 0.6 is 11.3 Å². The number of halogens is 2. The van der Waals surface area contributed by atoms with Crippen molar-refractivity contribution in [3.63, 3.8) is 0 Å². The average molecular weight is 320 g/mol. The Morgan fingerprint density at radius 1 is 1.23 bits per heavy atom. The fraction of sp³-hybridized carbons (Fsp3) is 0.0667. The number of carbonyl (C=O) groups excluding carboxylic acids is 1. The zero-order valence-corrected chi connectivity index (χ0v) is 12.2. The summed E-state index contributed by atoms with van der Waals surface area (Å²) in [6, 6.07) is 8.45. The van der Waals surface area contributed by atoms with E-state index in [1.807, 2.05) is 0 Å². The molecule has 2 aromatic carbocycles. The number of thiazole rings is 1. The van der Waals surface area contributed by atoms with E-state index in [1.165, 1.54) is 13.2 Å². The SMILES string of the molecule is COc1ccc(C(=O)Nc2nc3c(F)cc(F)cc3s2)cc1. The maximum absolute atomic E-state index is 13.6. The summed E-state index contributed by atoms with van der Waals surface area (Å²) < 4.78 is 32.1. The summed E-state index contributed by atoms with van der Waals surface area (Å²) in [7, 11) is 1.53. The zero-order valence-electron chi connectivity index (χ0n) is 11.4. The van der Waals surface area contributed by atoms with E-state index in [9.17, 15) is 13.6 Å². The van der Waals surface area contributed by atoms with Gasteiger partial charge >= 0.3 is 0 Å². The maximum atomic E-state index is 13.6. The minimum absolute atomic E-state index is 0.0384. The van der Waals surface area contributed by atoms with Gasteiger partial charge in [0.15, 0.2) is 10.9 Å². The first kappa shape index (κ1) is 14.4. The molecule has 0 saturated heterocycles. The number of nitrogens with zero attached hydrogens (tertiary/aromatic N) is 1. The van der Waals surface area contributed by atoms with Gasteiger partial charge in [-0.3, -0.25) is 10.1 Å². The molecule has 0 aliphatic heterocycles. The van der Waals surface area contributed by atoms with Crippen molar-refractivity contribution in [3.8, 4) is 5.75 Å². The Bertz CT molecular complexity index is 847. The summed E-state index contributed by atoms with van der Waals surface area (Å²) in [6.45, 7) is 0. The third-order valence-corrected chi connectivity index (χ3v) is 3.90. The van der Waals surface area contributed by atoms with Gasteiger partial charge in [-0.2, -0.15) is 0 Å². The van der Waals surface area contributed by atoms with Crippen LogP contribution in [0.1, 0.15) is 10.4 Å². The summed E-state index contributed by atoms with van der Waals surface area (Å²) in [5.41, 5.74) is 0.447. The van der Waals surface area contributed by atoms with Crippen molar-refractivity contribution in [3.05, 3.63) is 53.6 Å². The van der Waals surface area contributed by atoms with Gasteiger partial charge in [0, 0.05) is 11.6 Å². The molecule has 0 atom stereocenters. The van der Waals surface area contributed by atoms with E-state index in [2.05, 4.69) is 10.3 Å².